The van der Waals surface area contributed by atoms with Gasteiger partial charge in [0.05, 0.1) is 13.2 Å². The topological polar surface area (TPSA) is 58.5 Å². The van der Waals surface area contributed by atoms with E-state index in [1.165, 1.54) is 0 Å². The molecule has 29 heavy (non-hydrogen) atoms. The number of aromatic nitrogens is 2. The molecule has 2 heterocycles. The van der Waals surface area contributed by atoms with Gasteiger partial charge in [0.1, 0.15) is 5.75 Å². The summed E-state index contributed by atoms with van der Waals surface area (Å²) in [5.74, 6) is 1.62. The summed E-state index contributed by atoms with van der Waals surface area (Å²) < 4.78 is 5.62. The lowest BCUT2D eigenvalue weighted by molar-refractivity contribution is 0.0902. The molecule has 6 heteroatoms. The van der Waals surface area contributed by atoms with Crippen molar-refractivity contribution in [2.75, 3.05) is 25.1 Å². The number of halogens is 1. The Hall–Kier alpha value is -2.63. The van der Waals surface area contributed by atoms with Gasteiger partial charge in [-0.1, -0.05) is 35.9 Å². The molecule has 0 saturated carbocycles. The Kier molecular flexibility index (Phi) is 5.97. The quantitative estimate of drug-likeness (QED) is 0.658. The van der Waals surface area contributed by atoms with Gasteiger partial charge in [-0.25, -0.2) is 9.97 Å². The predicted molar refractivity (Wildman–Crippen MR) is 115 cm³/mol. The first-order valence-corrected chi connectivity index (χ1v) is 10.2. The zero-order valence-electron chi connectivity index (χ0n) is 16.3. The standard InChI is InChI=1S/C23H24ClN3O2/c1-29-21-15-18(17-4-2-5-19(24)14-17)6-7-20(21)22(28)16-8-12-27(13-9-16)23-25-10-3-11-26-23/h2-7,10-11,14-16,22,28H,8-9,12-13H2,1H3/t22-/m0/s1. The fourth-order valence-electron chi connectivity index (χ4n) is 3.93. The number of anilines is 1. The monoisotopic (exact) mass is 409 g/mol. The van der Waals surface area contributed by atoms with E-state index in [0.717, 1.165) is 48.6 Å². The predicted octanol–water partition coefficient (Wildman–Crippen LogP) is 4.76. The van der Waals surface area contributed by atoms with Crippen molar-refractivity contribution in [1.82, 2.24) is 9.97 Å². The Morgan fingerprint density at radius 2 is 1.76 bits per heavy atom. The maximum absolute atomic E-state index is 11.1. The molecule has 1 aromatic heterocycles. The molecule has 0 aliphatic carbocycles. The largest absolute Gasteiger partial charge is 0.496 e. The third-order valence-corrected chi connectivity index (χ3v) is 5.77. The number of nitrogens with zero attached hydrogens (tertiary/aromatic N) is 3. The fraction of sp³-hybridized carbons (Fsp3) is 0.304. The summed E-state index contributed by atoms with van der Waals surface area (Å²) in [6.07, 6.45) is 4.69. The van der Waals surface area contributed by atoms with Crippen LogP contribution in [0.4, 0.5) is 5.95 Å². The minimum absolute atomic E-state index is 0.167. The molecule has 0 radical (unpaired) electrons. The lowest BCUT2D eigenvalue weighted by Crippen LogP contribution is -2.36. The van der Waals surface area contributed by atoms with Crippen molar-refractivity contribution in [3.63, 3.8) is 0 Å². The van der Waals surface area contributed by atoms with Gasteiger partial charge in [-0.3, -0.25) is 0 Å². The van der Waals surface area contributed by atoms with Crippen molar-refractivity contribution < 1.29 is 9.84 Å². The molecule has 4 rings (SSSR count). The Morgan fingerprint density at radius 1 is 1.03 bits per heavy atom. The molecule has 1 saturated heterocycles. The first-order chi connectivity index (χ1) is 14.2. The number of ether oxygens (including phenoxy) is 1. The average molecular weight is 410 g/mol. The van der Waals surface area contributed by atoms with E-state index in [0.29, 0.717) is 10.8 Å². The van der Waals surface area contributed by atoms with Crippen molar-refractivity contribution in [3.8, 4) is 16.9 Å². The first-order valence-electron chi connectivity index (χ1n) is 9.79. The van der Waals surface area contributed by atoms with Crippen LogP contribution < -0.4 is 9.64 Å². The zero-order chi connectivity index (χ0) is 20.2. The Morgan fingerprint density at radius 3 is 2.45 bits per heavy atom. The van der Waals surface area contributed by atoms with Crippen LogP contribution in [-0.2, 0) is 0 Å². The number of methoxy groups -OCH3 is 1. The SMILES string of the molecule is COc1cc(-c2cccc(Cl)c2)ccc1[C@@H](O)C1CCN(c2ncccn2)CC1. The lowest BCUT2D eigenvalue weighted by Gasteiger charge is -2.34. The second-order valence-corrected chi connectivity index (χ2v) is 7.72. The molecule has 1 atom stereocenters. The highest BCUT2D eigenvalue weighted by Crippen LogP contribution is 2.38. The number of rotatable bonds is 5. The summed E-state index contributed by atoms with van der Waals surface area (Å²) in [5.41, 5.74) is 2.86. The second kappa shape index (κ2) is 8.80. The van der Waals surface area contributed by atoms with Crippen LogP contribution in [0.25, 0.3) is 11.1 Å². The molecule has 5 nitrogen and oxygen atoms in total. The molecule has 1 fully saturated rings. The van der Waals surface area contributed by atoms with Gasteiger partial charge in [0, 0.05) is 36.1 Å². The molecule has 2 aromatic carbocycles. The first kappa shape index (κ1) is 19.7. The minimum atomic E-state index is -0.572. The summed E-state index contributed by atoms with van der Waals surface area (Å²) in [6, 6.07) is 15.5. The van der Waals surface area contributed by atoms with Gasteiger partial charge in [0.2, 0.25) is 5.95 Å². The van der Waals surface area contributed by atoms with Crippen molar-refractivity contribution in [2.24, 2.45) is 5.92 Å². The highest BCUT2D eigenvalue weighted by Gasteiger charge is 2.29. The highest BCUT2D eigenvalue weighted by molar-refractivity contribution is 6.30. The van der Waals surface area contributed by atoms with E-state index in [4.69, 9.17) is 16.3 Å². The Bertz CT molecular complexity index is 959. The van der Waals surface area contributed by atoms with E-state index < -0.39 is 6.10 Å². The van der Waals surface area contributed by atoms with Gasteiger partial charge in [-0.05, 0) is 54.2 Å². The van der Waals surface area contributed by atoms with Crippen molar-refractivity contribution in [1.29, 1.82) is 0 Å². The van der Waals surface area contributed by atoms with Gasteiger partial charge in [-0.2, -0.15) is 0 Å². The smallest absolute Gasteiger partial charge is 0.225 e. The third-order valence-electron chi connectivity index (χ3n) is 5.53. The molecule has 150 valence electrons. The average Bonchev–Trinajstić information content (AvgIpc) is 2.79. The van der Waals surface area contributed by atoms with Gasteiger partial charge in [-0.15, -0.1) is 0 Å². The molecular weight excluding hydrogens is 386 g/mol. The summed E-state index contributed by atoms with van der Waals surface area (Å²) in [7, 11) is 1.64. The van der Waals surface area contributed by atoms with Crippen LogP contribution in [0.2, 0.25) is 5.02 Å². The second-order valence-electron chi connectivity index (χ2n) is 7.29. The fourth-order valence-corrected chi connectivity index (χ4v) is 4.12. The van der Waals surface area contributed by atoms with E-state index in [-0.39, 0.29) is 5.92 Å². The summed E-state index contributed by atoms with van der Waals surface area (Å²) in [4.78, 5) is 10.8. The molecule has 1 aliphatic rings. The van der Waals surface area contributed by atoms with E-state index in [1.54, 1.807) is 19.5 Å². The molecule has 1 N–H and O–H groups in total. The maximum atomic E-state index is 11.1. The highest BCUT2D eigenvalue weighted by atomic mass is 35.5. The van der Waals surface area contributed by atoms with Crippen LogP contribution >= 0.6 is 11.6 Å². The molecule has 0 amide bonds. The van der Waals surface area contributed by atoms with Gasteiger partial charge in [0.25, 0.3) is 0 Å². The van der Waals surface area contributed by atoms with Crippen molar-refractivity contribution in [3.05, 3.63) is 71.5 Å². The van der Waals surface area contributed by atoms with E-state index in [2.05, 4.69) is 14.9 Å². The van der Waals surface area contributed by atoms with E-state index in [9.17, 15) is 5.11 Å². The van der Waals surface area contributed by atoms with Crippen LogP contribution in [0.5, 0.6) is 5.75 Å². The Balaban J connectivity index is 1.49. The van der Waals surface area contributed by atoms with Crippen LogP contribution in [0, 0.1) is 5.92 Å². The number of piperidine rings is 1. The maximum Gasteiger partial charge on any atom is 0.225 e. The van der Waals surface area contributed by atoms with Crippen LogP contribution in [0.1, 0.15) is 24.5 Å². The van der Waals surface area contributed by atoms with Crippen molar-refractivity contribution >= 4 is 17.5 Å². The number of benzene rings is 2. The van der Waals surface area contributed by atoms with Gasteiger partial charge >= 0.3 is 0 Å². The molecule has 0 spiro atoms. The summed E-state index contributed by atoms with van der Waals surface area (Å²) in [6.45, 7) is 1.66. The Labute approximate surface area is 176 Å². The van der Waals surface area contributed by atoms with E-state index >= 15 is 0 Å². The molecule has 1 aliphatic heterocycles. The van der Waals surface area contributed by atoms with Crippen LogP contribution in [-0.4, -0.2) is 35.3 Å². The van der Waals surface area contributed by atoms with Crippen molar-refractivity contribution in [2.45, 2.75) is 18.9 Å². The number of hydrogen-bond donors (Lipinski definition) is 1. The summed E-state index contributed by atoms with van der Waals surface area (Å²) >= 11 is 6.12. The number of hydrogen-bond acceptors (Lipinski definition) is 5. The number of aliphatic hydroxyl groups excluding tert-OH is 1. The van der Waals surface area contributed by atoms with Gasteiger partial charge in [0.15, 0.2) is 0 Å². The molecule has 0 bridgehead atoms. The minimum Gasteiger partial charge on any atom is -0.496 e. The number of aliphatic hydroxyl groups is 1. The van der Waals surface area contributed by atoms with Crippen LogP contribution in [0.15, 0.2) is 60.9 Å². The summed E-state index contributed by atoms with van der Waals surface area (Å²) in [5, 5.41) is 11.8. The lowest BCUT2D eigenvalue weighted by atomic mass is 9.86. The zero-order valence-corrected chi connectivity index (χ0v) is 17.1. The van der Waals surface area contributed by atoms with Crippen LogP contribution in [0.3, 0.4) is 0 Å². The van der Waals surface area contributed by atoms with E-state index in [1.807, 2.05) is 48.5 Å². The molecule has 3 aromatic rings. The normalized spacial score (nSPS) is 15.9. The molecule has 0 unspecified atom stereocenters. The molecular formula is C23H24ClN3O2. The van der Waals surface area contributed by atoms with Gasteiger partial charge < -0.3 is 14.7 Å². The third kappa shape index (κ3) is 4.36.